The van der Waals surface area contributed by atoms with Crippen molar-refractivity contribution in [1.29, 1.82) is 0 Å². The minimum atomic E-state index is -0.0736. The van der Waals surface area contributed by atoms with Gasteiger partial charge in [-0.2, -0.15) is 5.10 Å². The quantitative estimate of drug-likeness (QED) is 0.868. The summed E-state index contributed by atoms with van der Waals surface area (Å²) in [5, 5.41) is 8.93. The largest absolute Gasteiger partial charge is 0.306 e. The number of aryl methyl sites for hydroxylation is 3. The number of carbonyl (C=O) groups excluding carboxylic acids is 1. The summed E-state index contributed by atoms with van der Waals surface area (Å²) in [5.74, 6) is 0.644. The molecule has 0 aliphatic heterocycles. The first-order chi connectivity index (χ1) is 7.58. The van der Waals surface area contributed by atoms with Crippen LogP contribution >= 0.6 is 11.3 Å². The standard InChI is InChI=1S/C11H13N3OS/c1-7-4-5-16-10(7)11(15)12-9-6-8(2)13-14(9)3/h4-6H,1-3H3,(H,12,15). The van der Waals surface area contributed by atoms with Crippen molar-refractivity contribution in [2.24, 2.45) is 7.05 Å². The van der Waals surface area contributed by atoms with Crippen LogP contribution < -0.4 is 5.32 Å². The smallest absolute Gasteiger partial charge is 0.267 e. The molecule has 2 heterocycles. The van der Waals surface area contributed by atoms with Gasteiger partial charge in [0.25, 0.3) is 5.91 Å². The fraction of sp³-hybridized carbons (Fsp3) is 0.273. The van der Waals surface area contributed by atoms with Crippen LogP contribution in [0, 0.1) is 13.8 Å². The Kier molecular flexibility index (Phi) is 2.78. The number of hydrogen-bond donors (Lipinski definition) is 1. The van der Waals surface area contributed by atoms with E-state index in [1.807, 2.05) is 38.4 Å². The summed E-state index contributed by atoms with van der Waals surface area (Å²) in [6, 6.07) is 3.79. The maximum Gasteiger partial charge on any atom is 0.267 e. The molecule has 2 aromatic heterocycles. The highest BCUT2D eigenvalue weighted by molar-refractivity contribution is 7.12. The number of amides is 1. The van der Waals surface area contributed by atoms with E-state index < -0.39 is 0 Å². The number of nitrogens with one attached hydrogen (secondary N) is 1. The summed E-state index contributed by atoms with van der Waals surface area (Å²) in [6.07, 6.45) is 0. The highest BCUT2D eigenvalue weighted by atomic mass is 32.1. The van der Waals surface area contributed by atoms with Crippen molar-refractivity contribution in [1.82, 2.24) is 9.78 Å². The van der Waals surface area contributed by atoms with Crippen molar-refractivity contribution in [2.75, 3.05) is 5.32 Å². The minimum absolute atomic E-state index is 0.0736. The van der Waals surface area contributed by atoms with Gasteiger partial charge in [0, 0.05) is 13.1 Å². The molecule has 0 saturated heterocycles. The molecule has 0 aromatic carbocycles. The molecule has 0 spiro atoms. The molecule has 2 aromatic rings. The number of hydrogen-bond acceptors (Lipinski definition) is 3. The number of carbonyl (C=O) groups is 1. The summed E-state index contributed by atoms with van der Waals surface area (Å²) >= 11 is 1.45. The molecular weight excluding hydrogens is 222 g/mol. The van der Waals surface area contributed by atoms with Crippen molar-refractivity contribution in [3.8, 4) is 0 Å². The first-order valence-corrected chi connectivity index (χ1v) is 5.82. The van der Waals surface area contributed by atoms with Crippen LogP contribution in [0.5, 0.6) is 0 Å². The summed E-state index contributed by atoms with van der Waals surface area (Å²) in [6.45, 7) is 3.83. The first kappa shape index (κ1) is 10.9. The number of anilines is 1. The van der Waals surface area contributed by atoms with Crippen molar-refractivity contribution in [3.05, 3.63) is 33.6 Å². The molecule has 0 atom stereocenters. The van der Waals surface area contributed by atoms with Gasteiger partial charge in [0.05, 0.1) is 10.6 Å². The van der Waals surface area contributed by atoms with Crippen molar-refractivity contribution in [3.63, 3.8) is 0 Å². The van der Waals surface area contributed by atoms with Crippen molar-refractivity contribution >= 4 is 23.1 Å². The maximum atomic E-state index is 11.9. The SMILES string of the molecule is Cc1cc(NC(=O)c2sccc2C)n(C)n1. The van der Waals surface area contributed by atoms with Crippen molar-refractivity contribution < 1.29 is 4.79 Å². The van der Waals surface area contributed by atoms with Gasteiger partial charge in [0.2, 0.25) is 0 Å². The number of rotatable bonds is 2. The van der Waals surface area contributed by atoms with Gasteiger partial charge in [0.1, 0.15) is 5.82 Å². The lowest BCUT2D eigenvalue weighted by molar-refractivity contribution is 0.102. The van der Waals surface area contributed by atoms with E-state index in [-0.39, 0.29) is 5.91 Å². The van der Waals surface area contributed by atoms with E-state index in [1.54, 1.807) is 4.68 Å². The second kappa shape index (κ2) is 4.09. The molecule has 2 rings (SSSR count). The van der Waals surface area contributed by atoms with E-state index in [0.717, 1.165) is 22.0 Å². The van der Waals surface area contributed by atoms with Gasteiger partial charge in [-0.1, -0.05) is 0 Å². The zero-order valence-corrected chi connectivity index (χ0v) is 10.3. The third-order valence-corrected chi connectivity index (χ3v) is 3.33. The molecule has 0 fully saturated rings. The minimum Gasteiger partial charge on any atom is -0.306 e. The monoisotopic (exact) mass is 235 g/mol. The van der Waals surface area contributed by atoms with E-state index in [9.17, 15) is 4.79 Å². The molecule has 16 heavy (non-hydrogen) atoms. The Morgan fingerprint density at radius 1 is 1.50 bits per heavy atom. The molecule has 0 radical (unpaired) electrons. The maximum absolute atomic E-state index is 11.9. The van der Waals surface area contributed by atoms with Crippen LogP contribution in [-0.4, -0.2) is 15.7 Å². The van der Waals surface area contributed by atoms with Crippen molar-refractivity contribution in [2.45, 2.75) is 13.8 Å². The second-order valence-electron chi connectivity index (χ2n) is 3.68. The fourth-order valence-electron chi connectivity index (χ4n) is 1.51. The van der Waals surface area contributed by atoms with Crippen LogP contribution in [0.25, 0.3) is 0 Å². The van der Waals surface area contributed by atoms with Crippen LogP contribution in [0.2, 0.25) is 0 Å². The first-order valence-electron chi connectivity index (χ1n) is 4.94. The van der Waals surface area contributed by atoms with Gasteiger partial charge >= 0.3 is 0 Å². The van der Waals surface area contributed by atoms with Crippen LogP contribution in [-0.2, 0) is 7.05 Å². The van der Waals surface area contributed by atoms with Gasteiger partial charge in [-0.05, 0) is 30.9 Å². The van der Waals surface area contributed by atoms with Gasteiger partial charge in [-0.25, -0.2) is 0 Å². The highest BCUT2D eigenvalue weighted by Crippen LogP contribution is 2.17. The molecule has 1 N–H and O–H groups in total. The molecule has 4 nitrogen and oxygen atoms in total. The van der Waals surface area contributed by atoms with Gasteiger partial charge < -0.3 is 5.32 Å². The average molecular weight is 235 g/mol. The van der Waals surface area contributed by atoms with E-state index in [2.05, 4.69) is 10.4 Å². The average Bonchev–Trinajstić information content (AvgIpc) is 2.74. The Balaban J connectivity index is 2.20. The Labute approximate surface area is 97.9 Å². The van der Waals surface area contributed by atoms with Gasteiger partial charge in [0.15, 0.2) is 0 Å². The predicted molar refractivity (Wildman–Crippen MR) is 65.0 cm³/mol. The Bertz CT molecular complexity index is 527. The molecule has 0 aliphatic rings. The summed E-state index contributed by atoms with van der Waals surface area (Å²) < 4.78 is 1.66. The Hall–Kier alpha value is -1.62. The lowest BCUT2D eigenvalue weighted by atomic mass is 10.3. The van der Waals surface area contributed by atoms with Crippen LogP contribution in [0.1, 0.15) is 20.9 Å². The molecule has 5 heteroatoms. The fourth-order valence-corrected chi connectivity index (χ4v) is 2.33. The van der Waals surface area contributed by atoms with Crippen LogP contribution in [0.3, 0.4) is 0 Å². The van der Waals surface area contributed by atoms with Crippen LogP contribution in [0.15, 0.2) is 17.5 Å². The van der Waals surface area contributed by atoms with Gasteiger partial charge in [-0.15, -0.1) is 11.3 Å². The third-order valence-electron chi connectivity index (χ3n) is 2.31. The summed E-state index contributed by atoms with van der Waals surface area (Å²) in [5.41, 5.74) is 1.89. The predicted octanol–water partition coefficient (Wildman–Crippen LogP) is 2.35. The lowest BCUT2D eigenvalue weighted by Crippen LogP contribution is -2.14. The van der Waals surface area contributed by atoms with Crippen LogP contribution in [0.4, 0.5) is 5.82 Å². The zero-order chi connectivity index (χ0) is 11.7. The molecule has 0 unspecified atom stereocenters. The van der Waals surface area contributed by atoms with E-state index in [0.29, 0.717) is 0 Å². The van der Waals surface area contributed by atoms with E-state index in [1.165, 1.54) is 11.3 Å². The Morgan fingerprint density at radius 2 is 2.25 bits per heavy atom. The summed E-state index contributed by atoms with van der Waals surface area (Å²) in [7, 11) is 1.81. The second-order valence-corrected chi connectivity index (χ2v) is 4.60. The molecule has 1 amide bonds. The highest BCUT2D eigenvalue weighted by Gasteiger charge is 2.12. The topological polar surface area (TPSA) is 46.9 Å². The Morgan fingerprint density at radius 3 is 2.75 bits per heavy atom. The molecular formula is C11H13N3OS. The molecule has 84 valence electrons. The molecule has 0 aliphatic carbocycles. The third kappa shape index (κ3) is 1.99. The lowest BCUT2D eigenvalue weighted by Gasteiger charge is -2.03. The van der Waals surface area contributed by atoms with E-state index in [4.69, 9.17) is 0 Å². The molecule has 0 bridgehead atoms. The zero-order valence-electron chi connectivity index (χ0n) is 9.44. The van der Waals surface area contributed by atoms with Gasteiger partial charge in [-0.3, -0.25) is 9.48 Å². The number of aromatic nitrogens is 2. The molecule has 0 saturated carbocycles. The number of thiophene rings is 1. The number of nitrogens with zero attached hydrogens (tertiary/aromatic N) is 2. The van der Waals surface area contributed by atoms with E-state index >= 15 is 0 Å². The summed E-state index contributed by atoms with van der Waals surface area (Å²) in [4.78, 5) is 12.7. The normalized spacial score (nSPS) is 10.4.